The third-order valence-electron chi connectivity index (χ3n) is 6.93. The molecule has 1 atom stereocenters. The molecular formula is C29H29NO5S. The van der Waals surface area contributed by atoms with Gasteiger partial charge in [-0.15, -0.1) is 11.3 Å². The first-order valence-electron chi connectivity index (χ1n) is 12.4. The predicted octanol–water partition coefficient (Wildman–Crippen LogP) is 5.50. The lowest BCUT2D eigenvalue weighted by Crippen LogP contribution is -2.34. The number of hydrogen-bond acceptors (Lipinski definition) is 6. The highest BCUT2D eigenvalue weighted by Crippen LogP contribution is 2.41. The zero-order chi connectivity index (χ0) is 24.5. The fraction of sp³-hybridized carbons (Fsp3) is 0.345. The zero-order valence-electron chi connectivity index (χ0n) is 20.3. The van der Waals surface area contributed by atoms with Gasteiger partial charge in [0.15, 0.2) is 11.5 Å². The minimum absolute atomic E-state index is 0.0453. The molecule has 3 heterocycles. The Hall–Kier alpha value is -3.13. The number of rotatable bonds is 6. The van der Waals surface area contributed by atoms with Crippen LogP contribution in [-0.4, -0.2) is 57.5 Å². The van der Waals surface area contributed by atoms with Gasteiger partial charge in [0.1, 0.15) is 13.2 Å². The first-order valence-corrected chi connectivity index (χ1v) is 13.2. The number of methoxy groups -OCH3 is 1. The molecule has 1 saturated heterocycles. The molecule has 6 rings (SSSR count). The van der Waals surface area contributed by atoms with Crippen molar-refractivity contribution in [2.45, 2.75) is 13.0 Å². The van der Waals surface area contributed by atoms with E-state index in [4.69, 9.17) is 18.9 Å². The molecule has 186 valence electrons. The van der Waals surface area contributed by atoms with E-state index in [2.05, 4.69) is 54.6 Å². The lowest BCUT2D eigenvalue weighted by Gasteiger charge is -2.20. The van der Waals surface area contributed by atoms with Crippen LogP contribution in [0.25, 0.3) is 31.3 Å². The summed E-state index contributed by atoms with van der Waals surface area (Å²) in [6.45, 7) is 3.53. The Morgan fingerprint density at radius 3 is 2.81 bits per heavy atom. The molecule has 2 aliphatic rings. The lowest BCUT2D eigenvalue weighted by atomic mass is 9.99. The van der Waals surface area contributed by atoms with Gasteiger partial charge in [-0.2, -0.15) is 0 Å². The Kier molecular flexibility index (Phi) is 6.52. The van der Waals surface area contributed by atoms with Crippen molar-refractivity contribution < 1.29 is 23.7 Å². The number of amides is 1. The maximum absolute atomic E-state index is 12.6. The van der Waals surface area contributed by atoms with Crippen LogP contribution in [0, 0.1) is 5.92 Å². The summed E-state index contributed by atoms with van der Waals surface area (Å²) in [6, 6.07) is 19.4. The van der Waals surface area contributed by atoms with Crippen molar-refractivity contribution in [3.8, 4) is 22.6 Å². The van der Waals surface area contributed by atoms with Gasteiger partial charge in [0.05, 0.1) is 19.8 Å². The molecule has 1 amide bonds. The molecule has 1 aromatic heterocycles. The Bertz CT molecular complexity index is 1410. The standard InChI is InChI=1S/C29H29NO5S/c1-32-18-28(31)30-9-11-34-29-22(15-30)12-21(14-25(29)35-17-19-8-10-33-16-19)20-6-7-27-24(13-20)23-4-2-3-5-26(23)36-27/h2-7,12-14,19H,8-11,15-18H2,1H3/t19-/m1/s1. The third-order valence-corrected chi connectivity index (χ3v) is 8.08. The highest BCUT2D eigenvalue weighted by Gasteiger charge is 2.25. The summed E-state index contributed by atoms with van der Waals surface area (Å²) in [4.78, 5) is 14.4. The predicted molar refractivity (Wildman–Crippen MR) is 142 cm³/mol. The maximum Gasteiger partial charge on any atom is 0.248 e. The zero-order valence-corrected chi connectivity index (χ0v) is 21.1. The maximum atomic E-state index is 12.6. The third kappa shape index (κ3) is 4.54. The second-order valence-electron chi connectivity index (χ2n) is 9.41. The Morgan fingerprint density at radius 1 is 1.06 bits per heavy atom. The van der Waals surface area contributed by atoms with Crippen molar-refractivity contribution in [1.82, 2.24) is 4.90 Å². The molecule has 0 saturated carbocycles. The number of ether oxygens (including phenoxy) is 4. The van der Waals surface area contributed by atoms with E-state index in [1.54, 1.807) is 12.0 Å². The molecule has 3 aromatic carbocycles. The van der Waals surface area contributed by atoms with Gasteiger partial charge in [-0.1, -0.05) is 24.3 Å². The first kappa shape index (κ1) is 23.3. The average Bonchev–Trinajstić information content (AvgIpc) is 3.49. The highest BCUT2D eigenvalue weighted by atomic mass is 32.1. The van der Waals surface area contributed by atoms with E-state index in [0.29, 0.717) is 32.2 Å². The van der Waals surface area contributed by atoms with E-state index < -0.39 is 0 Å². The summed E-state index contributed by atoms with van der Waals surface area (Å²) in [7, 11) is 1.54. The summed E-state index contributed by atoms with van der Waals surface area (Å²) in [5.74, 6) is 1.79. The molecule has 6 nitrogen and oxygen atoms in total. The topological polar surface area (TPSA) is 57.2 Å². The summed E-state index contributed by atoms with van der Waals surface area (Å²) in [5.41, 5.74) is 3.11. The van der Waals surface area contributed by atoms with Crippen LogP contribution in [0.5, 0.6) is 11.5 Å². The van der Waals surface area contributed by atoms with E-state index in [1.165, 1.54) is 20.2 Å². The molecular weight excluding hydrogens is 474 g/mol. The summed E-state index contributed by atoms with van der Waals surface area (Å²) >= 11 is 1.81. The van der Waals surface area contributed by atoms with Crippen LogP contribution in [0.2, 0.25) is 0 Å². The second kappa shape index (κ2) is 10.1. The van der Waals surface area contributed by atoms with E-state index in [-0.39, 0.29) is 12.5 Å². The van der Waals surface area contributed by atoms with Gasteiger partial charge < -0.3 is 23.8 Å². The normalized spacial score (nSPS) is 17.7. The van der Waals surface area contributed by atoms with Gasteiger partial charge in [0, 0.05) is 51.9 Å². The largest absolute Gasteiger partial charge is 0.489 e. The number of thiophene rings is 1. The minimum Gasteiger partial charge on any atom is -0.489 e. The van der Waals surface area contributed by atoms with Crippen LogP contribution in [0.1, 0.15) is 12.0 Å². The molecule has 1 fully saturated rings. The quantitative estimate of drug-likeness (QED) is 0.348. The summed E-state index contributed by atoms with van der Waals surface area (Å²) < 4.78 is 25.7. The SMILES string of the molecule is COCC(=O)N1CCOc2c(cc(-c3ccc4sc5ccccc5c4c3)cc2OC[C@@H]2CCOC2)C1. The minimum atomic E-state index is -0.0453. The molecule has 0 N–H and O–H groups in total. The van der Waals surface area contributed by atoms with Gasteiger partial charge in [0.2, 0.25) is 5.91 Å². The van der Waals surface area contributed by atoms with Gasteiger partial charge in [-0.05, 0) is 47.9 Å². The summed E-state index contributed by atoms with van der Waals surface area (Å²) in [5, 5.41) is 2.52. The molecule has 0 spiro atoms. The van der Waals surface area contributed by atoms with Crippen molar-refractivity contribution in [3.05, 3.63) is 60.2 Å². The fourth-order valence-corrected chi connectivity index (χ4v) is 6.10. The number of carbonyl (C=O) groups excluding carboxylic acids is 1. The van der Waals surface area contributed by atoms with Crippen molar-refractivity contribution in [1.29, 1.82) is 0 Å². The molecule has 2 aliphatic heterocycles. The van der Waals surface area contributed by atoms with Crippen molar-refractivity contribution in [2.24, 2.45) is 5.92 Å². The van der Waals surface area contributed by atoms with E-state index in [9.17, 15) is 4.79 Å². The Morgan fingerprint density at radius 2 is 1.94 bits per heavy atom. The van der Waals surface area contributed by atoms with Gasteiger partial charge in [0.25, 0.3) is 0 Å². The number of hydrogen-bond donors (Lipinski definition) is 0. The first-order chi connectivity index (χ1) is 17.7. The Labute approximate surface area is 214 Å². The van der Waals surface area contributed by atoms with Crippen LogP contribution in [-0.2, 0) is 20.8 Å². The molecule has 7 heteroatoms. The lowest BCUT2D eigenvalue weighted by molar-refractivity contribution is -0.135. The van der Waals surface area contributed by atoms with Crippen LogP contribution in [0.3, 0.4) is 0 Å². The number of benzene rings is 3. The Balaban J connectivity index is 1.41. The van der Waals surface area contributed by atoms with Crippen LogP contribution in [0.15, 0.2) is 54.6 Å². The number of fused-ring (bicyclic) bond motifs is 4. The van der Waals surface area contributed by atoms with Crippen LogP contribution < -0.4 is 9.47 Å². The van der Waals surface area contributed by atoms with Gasteiger partial charge in [-0.25, -0.2) is 0 Å². The number of carbonyl (C=O) groups is 1. The fourth-order valence-electron chi connectivity index (χ4n) is 5.01. The smallest absolute Gasteiger partial charge is 0.248 e. The average molecular weight is 504 g/mol. The van der Waals surface area contributed by atoms with E-state index in [0.717, 1.165) is 47.8 Å². The van der Waals surface area contributed by atoms with Crippen molar-refractivity contribution in [3.63, 3.8) is 0 Å². The van der Waals surface area contributed by atoms with Gasteiger partial charge >= 0.3 is 0 Å². The van der Waals surface area contributed by atoms with Crippen LogP contribution >= 0.6 is 11.3 Å². The summed E-state index contributed by atoms with van der Waals surface area (Å²) in [6.07, 6.45) is 1.00. The molecule has 0 unspecified atom stereocenters. The molecule has 0 bridgehead atoms. The van der Waals surface area contributed by atoms with Crippen molar-refractivity contribution in [2.75, 3.05) is 46.7 Å². The van der Waals surface area contributed by atoms with Crippen molar-refractivity contribution >= 4 is 37.4 Å². The highest BCUT2D eigenvalue weighted by molar-refractivity contribution is 7.25. The molecule has 4 aromatic rings. The van der Waals surface area contributed by atoms with Gasteiger partial charge in [-0.3, -0.25) is 4.79 Å². The van der Waals surface area contributed by atoms with E-state index in [1.807, 2.05) is 11.3 Å². The van der Waals surface area contributed by atoms with E-state index >= 15 is 0 Å². The molecule has 0 radical (unpaired) electrons. The van der Waals surface area contributed by atoms with Crippen LogP contribution in [0.4, 0.5) is 0 Å². The molecule has 0 aliphatic carbocycles. The number of nitrogens with zero attached hydrogens (tertiary/aromatic N) is 1. The second-order valence-corrected chi connectivity index (χ2v) is 10.5. The monoisotopic (exact) mass is 503 g/mol. The molecule has 36 heavy (non-hydrogen) atoms.